The number of pyridine rings is 2. The Labute approximate surface area is 167 Å². The van der Waals surface area contributed by atoms with Crippen molar-refractivity contribution in [3.63, 3.8) is 0 Å². The molecule has 29 heavy (non-hydrogen) atoms. The van der Waals surface area contributed by atoms with E-state index >= 15 is 0 Å². The van der Waals surface area contributed by atoms with Crippen LogP contribution in [-0.2, 0) is 6.42 Å². The second kappa shape index (κ2) is 8.39. The maximum atomic E-state index is 12.4. The van der Waals surface area contributed by atoms with Gasteiger partial charge >= 0.3 is 0 Å². The predicted molar refractivity (Wildman–Crippen MR) is 110 cm³/mol. The topological polar surface area (TPSA) is 84.3 Å². The molecule has 0 atom stereocenters. The van der Waals surface area contributed by atoms with Crippen LogP contribution in [0.2, 0.25) is 0 Å². The van der Waals surface area contributed by atoms with E-state index in [1.807, 2.05) is 54.6 Å². The van der Waals surface area contributed by atoms with Crippen molar-refractivity contribution < 1.29 is 14.6 Å². The Bertz CT molecular complexity index is 1130. The van der Waals surface area contributed by atoms with E-state index in [0.29, 0.717) is 23.9 Å². The van der Waals surface area contributed by atoms with Gasteiger partial charge in [0.2, 0.25) is 0 Å². The van der Waals surface area contributed by atoms with Gasteiger partial charge in [-0.1, -0.05) is 30.3 Å². The van der Waals surface area contributed by atoms with Crippen molar-refractivity contribution in [1.82, 2.24) is 15.3 Å². The van der Waals surface area contributed by atoms with E-state index < -0.39 is 5.91 Å². The van der Waals surface area contributed by atoms with Crippen molar-refractivity contribution in [2.75, 3.05) is 6.54 Å². The summed E-state index contributed by atoms with van der Waals surface area (Å²) in [6.07, 6.45) is 3.74. The number of fused-ring (bicyclic) bond motifs is 1. The van der Waals surface area contributed by atoms with Crippen LogP contribution >= 0.6 is 0 Å². The molecule has 0 bridgehead atoms. The first-order chi connectivity index (χ1) is 14.2. The van der Waals surface area contributed by atoms with Crippen LogP contribution in [0.3, 0.4) is 0 Å². The van der Waals surface area contributed by atoms with E-state index in [2.05, 4.69) is 15.3 Å². The zero-order valence-corrected chi connectivity index (χ0v) is 15.6. The standard InChI is InChI=1S/C23H19N3O3/c27-22-20-17(5-4-13-24-20)15-26-21(22)23(28)25-14-12-16-8-10-19(11-9-16)29-18-6-2-1-3-7-18/h1-11,13,15,27H,12,14H2,(H,25,28). The lowest BCUT2D eigenvalue weighted by Crippen LogP contribution is -2.26. The highest BCUT2D eigenvalue weighted by molar-refractivity contribution is 6.00. The van der Waals surface area contributed by atoms with E-state index in [4.69, 9.17) is 4.74 Å². The summed E-state index contributed by atoms with van der Waals surface area (Å²) >= 11 is 0. The number of rotatable bonds is 6. The van der Waals surface area contributed by atoms with Crippen LogP contribution in [0.4, 0.5) is 0 Å². The van der Waals surface area contributed by atoms with Crippen LogP contribution < -0.4 is 10.1 Å². The average Bonchev–Trinajstić information content (AvgIpc) is 2.76. The van der Waals surface area contributed by atoms with Gasteiger partial charge in [0, 0.05) is 24.3 Å². The minimum Gasteiger partial charge on any atom is -0.504 e. The molecule has 0 saturated carbocycles. The first-order valence-corrected chi connectivity index (χ1v) is 9.23. The average molecular weight is 385 g/mol. The molecule has 2 aromatic heterocycles. The second-order valence-electron chi connectivity index (χ2n) is 6.46. The summed E-state index contributed by atoms with van der Waals surface area (Å²) in [6.45, 7) is 0.416. The van der Waals surface area contributed by atoms with E-state index in [0.717, 1.165) is 17.1 Å². The highest BCUT2D eigenvalue weighted by atomic mass is 16.5. The minimum atomic E-state index is -0.431. The molecule has 0 unspecified atom stereocenters. The highest BCUT2D eigenvalue weighted by Gasteiger charge is 2.16. The van der Waals surface area contributed by atoms with E-state index in [1.54, 1.807) is 18.3 Å². The van der Waals surface area contributed by atoms with Gasteiger partial charge in [0.05, 0.1) is 0 Å². The van der Waals surface area contributed by atoms with Gasteiger partial charge in [-0.3, -0.25) is 9.78 Å². The van der Waals surface area contributed by atoms with Crippen molar-refractivity contribution in [2.24, 2.45) is 0 Å². The lowest BCUT2D eigenvalue weighted by atomic mass is 10.1. The number of nitrogens with zero attached hydrogens (tertiary/aromatic N) is 2. The van der Waals surface area contributed by atoms with Crippen LogP contribution in [-0.4, -0.2) is 27.5 Å². The number of nitrogens with one attached hydrogen (secondary N) is 1. The molecule has 2 heterocycles. The molecule has 144 valence electrons. The fraction of sp³-hybridized carbons (Fsp3) is 0.0870. The van der Waals surface area contributed by atoms with Gasteiger partial charge in [-0.05, 0) is 48.4 Å². The highest BCUT2D eigenvalue weighted by Crippen LogP contribution is 2.24. The number of aromatic nitrogens is 2. The third-order valence-electron chi connectivity index (χ3n) is 4.44. The summed E-state index contributed by atoms with van der Waals surface area (Å²) in [5.41, 5.74) is 1.40. The largest absolute Gasteiger partial charge is 0.504 e. The maximum absolute atomic E-state index is 12.4. The molecule has 0 aliphatic rings. The Kier molecular flexibility index (Phi) is 5.33. The Morgan fingerprint density at radius 2 is 1.69 bits per heavy atom. The molecular formula is C23H19N3O3. The first-order valence-electron chi connectivity index (χ1n) is 9.23. The summed E-state index contributed by atoms with van der Waals surface area (Å²) < 4.78 is 5.77. The van der Waals surface area contributed by atoms with Crippen molar-refractivity contribution in [3.05, 3.63) is 90.4 Å². The van der Waals surface area contributed by atoms with Gasteiger partial charge in [-0.25, -0.2) is 4.98 Å². The van der Waals surface area contributed by atoms with Gasteiger partial charge in [-0.15, -0.1) is 0 Å². The molecule has 6 heteroatoms. The zero-order valence-electron chi connectivity index (χ0n) is 15.6. The third-order valence-corrected chi connectivity index (χ3v) is 4.44. The van der Waals surface area contributed by atoms with E-state index in [1.165, 1.54) is 6.20 Å². The molecule has 6 nitrogen and oxygen atoms in total. The number of aromatic hydroxyl groups is 1. The van der Waals surface area contributed by atoms with Crippen molar-refractivity contribution in [3.8, 4) is 17.2 Å². The van der Waals surface area contributed by atoms with Crippen LogP contribution in [0.5, 0.6) is 17.2 Å². The molecule has 0 saturated heterocycles. The molecule has 0 aliphatic carbocycles. The number of para-hydroxylation sites is 1. The Morgan fingerprint density at radius 3 is 2.48 bits per heavy atom. The zero-order chi connectivity index (χ0) is 20.1. The molecule has 0 radical (unpaired) electrons. The predicted octanol–water partition coefficient (Wildman–Crippen LogP) is 4.10. The molecule has 0 aliphatic heterocycles. The molecule has 1 amide bonds. The monoisotopic (exact) mass is 385 g/mol. The Balaban J connectivity index is 1.34. The van der Waals surface area contributed by atoms with Crippen molar-refractivity contribution in [1.29, 1.82) is 0 Å². The Hall–Kier alpha value is -3.93. The summed E-state index contributed by atoms with van der Waals surface area (Å²) in [5.74, 6) is 0.897. The molecule has 4 rings (SSSR count). The smallest absolute Gasteiger partial charge is 0.273 e. The number of amides is 1. The lowest BCUT2D eigenvalue weighted by molar-refractivity contribution is 0.0946. The van der Waals surface area contributed by atoms with Crippen LogP contribution in [0.1, 0.15) is 16.1 Å². The SMILES string of the molecule is O=C(NCCc1ccc(Oc2ccccc2)cc1)c1ncc2cccnc2c1O. The van der Waals surface area contributed by atoms with E-state index in [-0.39, 0.29) is 11.4 Å². The normalized spacial score (nSPS) is 10.6. The minimum absolute atomic E-state index is 0.0252. The van der Waals surface area contributed by atoms with Crippen LogP contribution in [0.25, 0.3) is 10.9 Å². The number of ether oxygens (including phenoxy) is 1. The third kappa shape index (κ3) is 4.32. The van der Waals surface area contributed by atoms with Gasteiger partial charge in [0.15, 0.2) is 11.4 Å². The van der Waals surface area contributed by atoms with Gasteiger partial charge in [0.1, 0.15) is 17.0 Å². The van der Waals surface area contributed by atoms with Gasteiger partial charge in [0.25, 0.3) is 5.91 Å². The van der Waals surface area contributed by atoms with Crippen LogP contribution in [0, 0.1) is 0 Å². The Morgan fingerprint density at radius 1 is 0.931 bits per heavy atom. The molecule has 0 spiro atoms. The first kappa shape index (κ1) is 18.4. The van der Waals surface area contributed by atoms with Crippen molar-refractivity contribution >= 4 is 16.8 Å². The quantitative estimate of drug-likeness (QED) is 0.522. The fourth-order valence-corrected chi connectivity index (χ4v) is 2.95. The number of benzene rings is 2. The van der Waals surface area contributed by atoms with Crippen LogP contribution in [0.15, 0.2) is 79.1 Å². The summed E-state index contributed by atoms with van der Waals surface area (Å²) in [5, 5.41) is 13.8. The number of hydrogen-bond donors (Lipinski definition) is 2. The number of hydrogen-bond acceptors (Lipinski definition) is 5. The van der Waals surface area contributed by atoms with E-state index in [9.17, 15) is 9.90 Å². The number of carbonyl (C=O) groups excluding carboxylic acids is 1. The molecule has 0 fully saturated rings. The fourth-order valence-electron chi connectivity index (χ4n) is 2.95. The molecule has 4 aromatic rings. The van der Waals surface area contributed by atoms with Gasteiger partial charge < -0.3 is 15.2 Å². The maximum Gasteiger partial charge on any atom is 0.273 e. The molecule has 2 aromatic carbocycles. The number of carbonyl (C=O) groups is 1. The summed E-state index contributed by atoms with van der Waals surface area (Å²) in [4.78, 5) is 20.5. The molecular weight excluding hydrogens is 366 g/mol. The summed E-state index contributed by atoms with van der Waals surface area (Å²) in [6, 6.07) is 20.8. The van der Waals surface area contributed by atoms with Crippen molar-refractivity contribution in [2.45, 2.75) is 6.42 Å². The second-order valence-corrected chi connectivity index (χ2v) is 6.46. The summed E-state index contributed by atoms with van der Waals surface area (Å²) in [7, 11) is 0. The lowest BCUT2D eigenvalue weighted by Gasteiger charge is -2.09. The molecule has 2 N–H and O–H groups in total. The van der Waals surface area contributed by atoms with Gasteiger partial charge in [-0.2, -0.15) is 0 Å².